The first-order valence-corrected chi connectivity index (χ1v) is 10.0. The maximum absolute atomic E-state index is 12.1. The number of benzene rings is 2. The minimum Gasteiger partial charge on any atom is -0.355 e. The van der Waals surface area contributed by atoms with Gasteiger partial charge in [0.15, 0.2) is 11.5 Å². The van der Waals surface area contributed by atoms with Gasteiger partial charge in [-0.3, -0.25) is 4.79 Å². The molecule has 0 bridgehead atoms. The Morgan fingerprint density at radius 3 is 2.37 bits per heavy atom. The molecule has 2 N–H and O–H groups in total. The Morgan fingerprint density at radius 2 is 1.67 bits per heavy atom. The highest BCUT2D eigenvalue weighted by Crippen LogP contribution is 2.19. The van der Waals surface area contributed by atoms with Crippen molar-refractivity contribution < 1.29 is 17.7 Å². The van der Waals surface area contributed by atoms with Crippen LogP contribution >= 0.6 is 0 Å². The van der Waals surface area contributed by atoms with E-state index >= 15 is 0 Å². The maximum atomic E-state index is 12.1. The Hall–Kier alpha value is -2.97. The molecular weight excluding hydrogens is 366 g/mol. The summed E-state index contributed by atoms with van der Waals surface area (Å²) in [6, 6.07) is 20.0. The molecule has 1 heterocycles. The summed E-state index contributed by atoms with van der Waals surface area (Å²) in [5.41, 5.74) is 1.77. The molecular formula is C19H19N3O4S. The van der Waals surface area contributed by atoms with E-state index in [9.17, 15) is 13.2 Å². The molecule has 3 aromatic rings. The van der Waals surface area contributed by atoms with Gasteiger partial charge in [-0.2, -0.15) is 0 Å². The fraction of sp³-hybridized carbons (Fsp3) is 0.158. The molecule has 7 nitrogen and oxygen atoms in total. The average molecular weight is 385 g/mol. The zero-order chi connectivity index (χ0) is 19.1. The number of amides is 1. The molecule has 0 fully saturated rings. The van der Waals surface area contributed by atoms with Crippen LogP contribution < -0.4 is 10.0 Å². The summed E-state index contributed by atoms with van der Waals surface area (Å²) in [5.74, 6) is -0.244. The first kappa shape index (κ1) is 18.8. The summed E-state index contributed by atoms with van der Waals surface area (Å²) in [4.78, 5) is 12.1. The number of aromatic nitrogens is 1. The Morgan fingerprint density at radius 1 is 1.00 bits per heavy atom. The number of sulfonamides is 1. The smallest absolute Gasteiger partial charge is 0.273 e. The van der Waals surface area contributed by atoms with E-state index in [0.717, 1.165) is 11.1 Å². The van der Waals surface area contributed by atoms with Crippen molar-refractivity contribution in [2.75, 3.05) is 12.3 Å². The van der Waals surface area contributed by atoms with E-state index in [-0.39, 0.29) is 24.5 Å². The fourth-order valence-electron chi connectivity index (χ4n) is 2.37. The van der Waals surface area contributed by atoms with Gasteiger partial charge in [0.05, 0.1) is 5.75 Å². The lowest BCUT2D eigenvalue weighted by molar-refractivity contribution is 0.0947. The van der Waals surface area contributed by atoms with Gasteiger partial charge < -0.3 is 9.84 Å². The third kappa shape index (κ3) is 5.50. The van der Waals surface area contributed by atoms with Gasteiger partial charge >= 0.3 is 0 Å². The molecule has 1 amide bonds. The van der Waals surface area contributed by atoms with E-state index in [1.807, 2.05) is 60.7 Å². The third-order valence-corrected chi connectivity index (χ3v) is 5.12. The van der Waals surface area contributed by atoms with Crippen molar-refractivity contribution in [1.82, 2.24) is 15.2 Å². The van der Waals surface area contributed by atoms with Crippen molar-refractivity contribution in [2.24, 2.45) is 0 Å². The van der Waals surface area contributed by atoms with Crippen LogP contribution in [0.2, 0.25) is 0 Å². The van der Waals surface area contributed by atoms with E-state index < -0.39 is 15.9 Å². The van der Waals surface area contributed by atoms with Gasteiger partial charge in [-0.1, -0.05) is 65.8 Å². The summed E-state index contributed by atoms with van der Waals surface area (Å²) in [7, 11) is -3.50. The van der Waals surface area contributed by atoms with Crippen LogP contribution in [0.5, 0.6) is 0 Å². The van der Waals surface area contributed by atoms with E-state index in [2.05, 4.69) is 15.2 Å². The molecule has 0 saturated carbocycles. The highest BCUT2D eigenvalue weighted by atomic mass is 32.2. The second-order valence-corrected chi connectivity index (χ2v) is 7.75. The van der Waals surface area contributed by atoms with E-state index in [4.69, 9.17) is 4.52 Å². The minimum atomic E-state index is -3.50. The van der Waals surface area contributed by atoms with Crippen LogP contribution in [0.15, 0.2) is 71.3 Å². The summed E-state index contributed by atoms with van der Waals surface area (Å²) in [6.45, 7) is 0.178. The van der Waals surface area contributed by atoms with Crippen LogP contribution in [-0.4, -0.2) is 31.8 Å². The fourth-order valence-corrected chi connectivity index (χ4v) is 3.27. The lowest BCUT2D eigenvalue weighted by Gasteiger charge is -2.07. The molecule has 0 radical (unpaired) electrons. The first-order valence-electron chi connectivity index (χ1n) is 8.35. The monoisotopic (exact) mass is 385 g/mol. The maximum Gasteiger partial charge on any atom is 0.273 e. The van der Waals surface area contributed by atoms with Gasteiger partial charge in [-0.15, -0.1) is 0 Å². The lowest BCUT2D eigenvalue weighted by Crippen LogP contribution is -2.34. The van der Waals surface area contributed by atoms with Crippen LogP contribution in [-0.2, 0) is 16.6 Å². The van der Waals surface area contributed by atoms with E-state index in [0.29, 0.717) is 5.76 Å². The molecule has 0 aliphatic carbocycles. The molecule has 3 rings (SSSR count). The molecule has 0 spiro atoms. The zero-order valence-corrected chi connectivity index (χ0v) is 15.3. The topological polar surface area (TPSA) is 101 Å². The summed E-state index contributed by atoms with van der Waals surface area (Å²) in [6.07, 6.45) is 0. The largest absolute Gasteiger partial charge is 0.355 e. The minimum absolute atomic E-state index is 0.0313. The Balaban J connectivity index is 1.48. The van der Waals surface area contributed by atoms with Crippen molar-refractivity contribution in [2.45, 2.75) is 6.54 Å². The van der Waals surface area contributed by atoms with Crippen LogP contribution in [0.25, 0.3) is 11.3 Å². The van der Waals surface area contributed by atoms with Crippen molar-refractivity contribution in [1.29, 1.82) is 0 Å². The van der Waals surface area contributed by atoms with Crippen LogP contribution in [0, 0.1) is 0 Å². The Kier molecular flexibility index (Phi) is 6.00. The van der Waals surface area contributed by atoms with Gasteiger partial charge in [0.25, 0.3) is 5.91 Å². The summed E-state index contributed by atoms with van der Waals surface area (Å²) in [5, 5.41) is 6.27. The second kappa shape index (κ2) is 8.61. The highest BCUT2D eigenvalue weighted by molar-refractivity contribution is 7.89. The molecule has 8 heteroatoms. The van der Waals surface area contributed by atoms with Gasteiger partial charge in [0, 0.05) is 24.7 Å². The number of nitrogens with zero attached hydrogens (tertiary/aromatic N) is 1. The van der Waals surface area contributed by atoms with Gasteiger partial charge in [-0.25, -0.2) is 13.1 Å². The number of rotatable bonds is 8. The van der Waals surface area contributed by atoms with Gasteiger partial charge in [0.1, 0.15) is 0 Å². The van der Waals surface area contributed by atoms with Crippen LogP contribution in [0.3, 0.4) is 0 Å². The normalized spacial score (nSPS) is 11.3. The molecule has 0 saturated heterocycles. The van der Waals surface area contributed by atoms with Crippen LogP contribution in [0.1, 0.15) is 16.1 Å². The quantitative estimate of drug-likeness (QED) is 0.619. The van der Waals surface area contributed by atoms with Crippen molar-refractivity contribution in [3.05, 3.63) is 78.0 Å². The number of carbonyl (C=O) groups excluding carboxylic acids is 1. The standard InChI is InChI=1S/C19H19N3O4S/c23-19(17-13-18(26-22-17)16-9-5-2-6-10-16)20-11-12-27(24,25)21-14-15-7-3-1-4-8-15/h1-10,13,21H,11-12,14H2,(H,20,23). The molecule has 1 aromatic heterocycles. The molecule has 0 aliphatic heterocycles. The van der Waals surface area contributed by atoms with Crippen LogP contribution in [0.4, 0.5) is 0 Å². The average Bonchev–Trinajstić information content (AvgIpc) is 3.18. The second-order valence-electron chi connectivity index (χ2n) is 5.82. The Labute approximate surface area is 157 Å². The predicted molar refractivity (Wildman–Crippen MR) is 101 cm³/mol. The van der Waals surface area contributed by atoms with Crippen molar-refractivity contribution in [3.8, 4) is 11.3 Å². The number of hydrogen-bond donors (Lipinski definition) is 2. The van der Waals surface area contributed by atoms with Crippen molar-refractivity contribution >= 4 is 15.9 Å². The molecule has 2 aromatic carbocycles. The predicted octanol–water partition coefficient (Wildman–Crippen LogP) is 2.19. The molecule has 0 atom stereocenters. The van der Waals surface area contributed by atoms with Gasteiger partial charge in [-0.05, 0) is 5.56 Å². The molecule has 27 heavy (non-hydrogen) atoms. The molecule has 140 valence electrons. The number of hydrogen-bond acceptors (Lipinski definition) is 5. The number of carbonyl (C=O) groups is 1. The van der Waals surface area contributed by atoms with E-state index in [1.54, 1.807) is 0 Å². The third-order valence-electron chi connectivity index (χ3n) is 3.80. The van der Waals surface area contributed by atoms with Crippen molar-refractivity contribution in [3.63, 3.8) is 0 Å². The number of nitrogens with one attached hydrogen (secondary N) is 2. The van der Waals surface area contributed by atoms with E-state index in [1.165, 1.54) is 6.07 Å². The zero-order valence-electron chi connectivity index (χ0n) is 14.5. The Bertz CT molecular complexity index is 986. The lowest BCUT2D eigenvalue weighted by atomic mass is 10.1. The summed E-state index contributed by atoms with van der Waals surface area (Å²) >= 11 is 0. The SMILES string of the molecule is O=C(NCCS(=O)(=O)NCc1ccccc1)c1cc(-c2ccccc2)on1. The first-order chi connectivity index (χ1) is 13.0. The highest BCUT2D eigenvalue weighted by Gasteiger charge is 2.15. The molecule has 0 unspecified atom stereocenters. The van der Waals surface area contributed by atoms with Gasteiger partial charge in [0.2, 0.25) is 10.0 Å². The molecule has 0 aliphatic rings. The summed E-state index contributed by atoms with van der Waals surface area (Å²) < 4.78 is 31.7.